The Morgan fingerprint density at radius 1 is 1.24 bits per heavy atom. The van der Waals surface area contributed by atoms with E-state index in [-0.39, 0.29) is 5.69 Å². The van der Waals surface area contributed by atoms with Crippen molar-refractivity contribution in [3.05, 3.63) is 70.4 Å². The van der Waals surface area contributed by atoms with Crippen molar-refractivity contribution in [2.75, 3.05) is 14.2 Å². The summed E-state index contributed by atoms with van der Waals surface area (Å²) in [6.07, 6.45) is 3.32. The SMILES string of the molecule is COc1ccc2c(=O)n(OC)c(C(=O)NCc3cccnc3)cc2c1. The van der Waals surface area contributed by atoms with Gasteiger partial charge in [-0.15, -0.1) is 4.73 Å². The molecule has 3 aromatic rings. The summed E-state index contributed by atoms with van der Waals surface area (Å²) in [5, 5.41) is 3.80. The number of amides is 1. The first-order valence-corrected chi connectivity index (χ1v) is 7.59. The number of ether oxygens (including phenoxy) is 1. The molecule has 0 aliphatic heterocycles. The molecular formula is C18H17N3O4. The molecule has 1 aromatic carbocycles. The van der Waals surface area contributed by atoms with Crippen molar-refractivity contribution in [3.63, 3.8) is 0 Å². The standard InChI is InChI=1S/C18H17N3O4/c1-24-14-5-6-15-13(8-14)9-16(21(25-2)18(15)23)17(22)20-11-12-4-3-7-19-10-12/h3-10H,11H2,1-2H3,(H,20,22). The lowest BCUT2D eigenvalue weighted by Gasteiger charge is -2.13. The van der Waals surface area contributed by atoms with Crippen molar-refractivity contribution in [1.82, 2.24) is 15.0 Å². The molecule has 0 aliphatic carbocycles. The number of nitrogens with zero attached hydrogens (tertiary/aromatic N) is 2. The minimum Gasteiger partial charge on any atom is -0.497 e. The highest BCUT2D eigenvalue weighted by Crippen LogP contribution is 2.19. The van der Waals surface area contributed by atoms with Gasteiger partial charge in [-0.25, -0.2) is 0 Å². The fourth-order valence-electron chi connectivity index (χ4n) is 2.52. The third-order valence-electron chi connectivity index (χ3n) is 3.78. The average Bonchev–Trinajstić information content (AvgIpc) is 2.66. The maximum atomic E-state index is 12.6. The molecule has 0 bridgehead atoms. The van der Waals surface area contributed by atoms with Crippen molar-refractivity contribution in [3.8, 4) is 5.75 Å². The lowest BCUT2D eigenvalue weighted by atomic mass is 10.1. The predicted octanol–water partition coefficient (Wildman–Crippen LogP) is 1.39. The van der Waals surface area contributed by atoms with Crippen LogP contribution in [0, 0.1) is 0 Å². The Morgan fingerprint density at radius 2 is 2.08 bits per heavy atom. The molecule has 0 unspecified atom stereocenters. The van der Waals surface area contributed by atoms with Crippen molar-refractivity contribution in [1.29, 1.82) is 0 Å². The molecule has 0 fully saturated rings. The minimum atomic E-state index is -0.424. The Balaban J connectivity index is 1.98. The second kappa shape index (κ2) is 7.04. The maximum Gasteiger partial charge on any atom is 0.291 e. The van der Waals surface area contributed by atoms with E-state index in [0.717, 1.165) is 10.3 Å². The molecule has 7 nitrogen and oxygen atoms in total. The van der Waals surface area contributed by atoms with Crippen molar-refractivity contribution in [2.45, 2.75) is 6.54 Å². The van der Waals surface area contributed by atoms with E-state index >= 15 is 0 Å². The number of methoxy groups -OCH3 is 1. The van der Waals surface area contributed by atoms with Gasteiger partial charge in [0.1, 0.15) is 18.6 Å². The molecule has 7 heteroatoms. The Labute approximate surface area is 143 Å². The Bertz CT molecular complexity index is 967. The minimum absolute atomic E-state index is 0.108. The number of hydrogen-bond donors (Lipinski definition) is 1. The molecule has 2 aromatic heterocycles. The number of rotatable bonds is 5. The molecule has 3 rings (SSSR count). The van der Waals surface area contributed by atoms with E-state index in [9.17, 15) is 9.59 Å². The summed E-state index contributed by atoms with van der Waals surface area (Å²) in [5.74, 6) is 0.177. The molecule has 1 amide bonds. The second-order valence-electron chi connectivity index (χ2n) is 5.31. The number of aromatic nitrogens is 2. The second-order valence-corrected chi connectivity index (χ2v) is 5.31. The van der Waals surface area contributed by atoms with Gasteiger partial charge in [0.05, 0.1) is 12.5 Å². The summed E-state index contributed by atoms with van der Waals surface area (Å²) >= 11 is 0. The molecular weight excluding hydrogens is 322 g/mol. The molecule has 128 valence electrons. The molecule has 0 aliphatic rings. The van der Waals surface area contributed by atoms with Crippen molar-refractivity contribution in [2.24, 2.45) is 0 Å². The summed E-state index contributed by atoms with van der Waals surface area (Å²) in [5.41, 5.74) is 0.552. The normalized spacial score (nSPS) is 10.5. The number of carbonyl (C=O) groups excluding carboxylic acids is 1. The van der Waals surface area contributed by atoms with E-state index in [2.05, 4.69) is 10.3 Å². The Morgan fingerprint density at radius 3 is 2.76 bits per heavy atom. The van der Waals surface area contributed by atoms with Gasteiger partial charge >= 0.3 is 0 Å². The highest BCUT2D eigenvalue weighted by Gasteiger charge is 2.16. The van der Waals surface area contributed by atoms with Crippen LogP contribution in [0.4, 0.5) is 0 Å². The van der Waals surface area contributed by atoms with Crippen LogP contribution < -0.4 is 20.5 Å². The molecule has 2 heterocycles. The van der Waals surface area contributed by atoms with Crippen LogP contribution in [0.1, 0.15) is 16.1 Å². The number of pyridine rings is 2. The maximum absolute atomic E-state index is 12.6. The van der Waals surface area contributed by atoms with Gasteiger partial charge in [0.25, 0.3) is 11.5 Å². The number of carbonyl (C=O) groups is 1. The monoisotopic (exact) mass is 339 g/mol. The van der Waals surface area contributed by atoms with Crippen LogP contribution in [0.25, 0.3) is 10.8 Å². The van der Waals surface area contributed by atoms with Crippen LogP contribution in [0.2, 0.25) is 0 Å². The molecule has 25 heavy (non-hydrogen) atoms. The summed E-state index contributed by atoms with van der Waals surface area (Å²) < 4.78 is 6.16. The van der Waals surface area contributed by atoms with E-state index in [0.29, 0.717) is 23.1 Å². The van der Waals surface area contributed by atoms with Crippen molar-refractivity contribution < 1.29 is 14.4 Å². The Hall–Kier alpha value is -3.35. The molecule has 0 radical (unpaired) electrons. The number of fused-ring (bicyclic) bond motifs is 1. The van der Waals surface area contributed by atoms with Crippen LogP contribution in [-0.2, 0) is 6.54 Å². The van der Waals surface area contributed by atoms with Gasteiger partial charge in [0.2, 0.25) is 0 Å². The van der Waals surface area contributed by atoms with Gasteiger partial charge in [-0.1, -0.05) is 6.07 Å². The molecule has 0 spiro atoms. The summed E-state index contributed by atoms with van der Waals surface area (Å²) in [7, 11) is 2.88. The number of hydrogen-bond acceptors (Lipinski definition) is 5. The first kappa shape index (κ1) is 16.5. The third-order valence-corrected chi connectivity index (χ3v) is 3.78. The molecule has 0 atom stereocenters. The zero-order valence-electron chi connectivity index (χ0n) is 13.9. The van der Waals surface area contributed by atoms with Crippen LogP contribution in [-0.4, -0.2) is 29.8 Å². The number of benzene rings is 1. The summed E-state index contributed by atoms with van der Waals surface area (Å²) in [6.45, 7) is 0.292. The van der Waals surface area contributed by atoms with Gasteiger partial charge in [0.15, 0.2) is 0 Å². The van der Waals surface area contributed by atoms with Crippen molar-refractivity contribution >= 4 is 16.7 Å². The predicted molar refractivity (Wildman–Crippen MR) is 92.7 cm³/mol. The van der Waals surface area contributed by atoms with Gasteiger partial charge in [-0.2, -0.15) is 0 Å². The van der Waals surface area contributed by atoms with Crippen LogP contribution in [0.5, 0.6) is 5.75 Å². The first-order valence-electron chi connectivity index (χ1n) is 7.59. The molecule has 0 saturated carbocycles. The zero-order valence-corrected chi connectivity index (χ0v) is 13.9. The largest absolute Gasteiger partial charge is 0.497 e. The Kier molecular flexibility index (Phi) is 4.65. The van der Waals surface area contributed by atoms with Crippen LogP contribution in [0.3, 0.4) is 0 Å². The number of nitrogens with one attached hydrogen (secondary N) is 1. The lowest BCUT2D eigenvalue weighted by Crippen LogP contribution is -2.34. The van der Waals surface area contributed by atoms with Crippen LogP contribution in [0.15, 0.2) is 53.6 Å². The van der Waals surface area contributed by atoms with E-state index in [1.54, 1.807) is 49.8 Å². The zero-order chi connectivity index (χ0) is 17.8. The van der Waals surface area contributed by atoms with Crippen LogP contribution >= 0.6 is 0 Å². The summed E-state index contributed by atoms with van der Waals surface area (Å²) in [6, 6.07) is 10.3. The highest BCUT2D eigenvalue weighted by atomic mass is 16.7. The van der Waals surface area contributed by atoms with Gasteiger partial charge in [-0.3, -0.25) is 14.6 Å². The van der Waals surface area contributed by atoms with E-state index in [1.807, 2.05) is 6.07 Å². The third kappa shape index (κ3) is 3.30. The van der Waals surface area contributed by atoms with Gasteiger partial charge < -0.3 is 14.9 Å². The topological polar surface area (TPSA) is 82.5 Å². The molecule has 0 saturated heterocycles. The van der Waals surface area contributed by atoms with Gasteiger partial charge in [0, 0.05) is 18.9 Å². The molecule has 1 N–H and O–H groups in total. The first-order chi connectivity index (χ1) is 12.1. The highest BCUT2D eigenvalue weighted by molar-refractivity contribution is 5.96. The fraction of sp³-hybridized carbons (Fsp3) is 0.167. The summed E-state index contributed by atoms with van der Waals surface area (Å²) in [4.78, 5) is 34.2. The smallest absolute Gasteiger partial charge is 0.291 e. The lowest BCUT2D eigenvalue weighted by molar-refractivity contribution is 0.0882. The van der Waals surface area contributed by atoms with Gasteiger partial charge in [-0.05, 0) is 41.3 Å². The average molecular weight is 339 g/mol. The van der Waals surface area contributed by atoms with E-state index in [4.69, 9.17) is 9.57 Å². The fourth-order valence-corrected chi connectivity index (χ4v) is 2.52. The quantitative estimate of drug-likeness (QED) is 0.760. The van der Waals surface area contributed by atoms with E-state index < -0.39 is 11.5 Å². The van der Waals surface area contributed by atoms with E-state index in [1.165, 1.54) is 7.11 Å².